The van der Waals surface area contributed by atoms with Crippen LogP contribution in [0.25, 0.3) is 6.08 Å². The summed E-state index contributed by atoms with van der Waals surface area (Å²) < 4.78 is 15.7. The minimum atomic E-state index is -0.678. The molecule has 0 aromatic heterocycles. The van der Waals surface area contributed by atoms with Gasteiger partial charge in [0.15, 0.2) is 0 Å². The zero-order valence-electron chi connectivity index (χ0n) is 19.6. The van der Waals surface area contributed by atoms with Crippen LogP contribution in [0, 0.1) is 0 Å². The standard InChI is InChI=1S/C26H40O5/c1-4-7-8-9-10-11-12-13-14-15-20-31-23-18-16-22(17-19-23)21-24(25(27)29-5-2)26(28)30-6-3/h16-19,21H,4-15,20H2,1-3H3. The van der Waals surface area contributed by atoms with Crippen molar-refractivity contribution in [1.29, 1.82) is 0 Å². The molecule has 1 aromatic rings. The Morgan fingerprint density at radius 3 is 1.68 bits per heavy atom. The molecule has 1 aromatic carbocycles. The molecule has 0 unspecified atom stereocenters. The molecule has 5 nitrogen and oxygen atoms in total. The molecule has 5 heteroatoms. The van der Waals surface area contributed by atoms with Crippen LogP contribution in [0.1, 0.15) is 90.5 Å². The van der Waals surface area contributed by atoms with Crippen molar-refractivity contribution in [3.05, 3.63) is 35.4 Å². The highest BCUT2D eigenvalue weighted by atomic mass is 16.6. The Morgan fingerprint density at radius 2 is 1.19 bits per heavy atom. The van der Waals surface area contributed by atoms with Crippen LogP contribution in [-0.2, 0) is 19.1 Å². The van der Waals surface area contributed by atoms with E-state index < -0.39 is 11.9 Å². The first kappa shape index (κ1) is 26.7. The molecule has 0 heterocycles. The fraction of sp³-hybridized carbons (Fsp3) is 0.615. The van der Waals surface area contributed by atoms with Crippen molar-refractivity contribution in [2.75, 3.05) is 19.8 Å². The van der Waals surface area contributed by atoms with Gasteiger partial charge in [-0.25, -0.2) is 9.59 Å². The van der Waals surface area contributed by atoms with Gasteiger partial charge in [-0.3, -0.25) is 0 Å². The van der Waals surface area contributed by atoms with Gasteiger partial charge in [-0.1, -0.05) is 76.8 Å². The minimum absolute atomic E-state index is 0.109. The molecular formula is C26H40O5. The van der Waals surface area contributed by atoms with Crippen molar-refractivity contribution in [3.63, 3.8) is 0 Å². The molecule has 0 radical (unpaired) electrons. The van der Waals surface area contributed by atoms with Gasteiger partial charge < -0.3 is 14.2 Å². The molecule has 0 amide bonds. The molecule has 0 N–H and O–H groups in total. The molecule has 0 aliphatic heterocycles. The molecule has 31 heavy (non-hydrogen) atoms. The molecule has 0 atom stereocenters. The minimum Gasteiger partial charge on any atom is -0.494 e. The van der Waals surface area contributed by atoms with Gasteiger partial charge >= 0.3 is 11.9 Å². The predicted octanol–water partition coefficient (Wildman–Crippen LogP) is 6.50. The van der Waals surface area contributed by atoms with Crippen molar-refractivity contribution in [2.24, 2.45) is 0 Å². The second-order valence-corrected chi connectivity index (χ2v) is 7.60. The Balaban J connectivity index is 2.36. The lowest BCUT2D eigenvalue weighted by atomic mass is 10.1. The van der Waals surface area contributed by atoms with Gasteiger partial charge in [-0.05, 0) is 44.0 Å². The lowest BCUT2D eigenvalue weighted by Gasteiger charge is -2.08. The summed E-state index contributed by atoms with van der Waals surface area (Å²) in [4.78, 5) is 24.1. The average Bonchev–Trinajstić information content (AvgIpc) is 2.77. The van der Waals surface area contributed by atoms with E-state index in [-0.39, 0.29) is 18.8 Å². The fourth-order valence-corrected chi connectivity index (χ4v) is 3.23. The number of hydrogen-bond acceptors (Lipinski definition) is 5. The molecule has 0 saturated carbocycles. The van der Waals surface area contributed by atoms with Crippen molar-refractivity contribution in [1.82, 2.24) is 0 Å². The van der Waals surface area contributed by atoms with Crippen LogP contribution in [-0.4, -0.2) is 31.8 Å². The van der Waals surface area contributed by atoms with Crippen molar-refractivity contribution in [2.45, 2.75) is 85.0 Å². The molecule has 0 saturated heterocycles. The average molecular weight is 433 g/mol. The van der Waals surface area contributed by atoms with Crippen LogP contribution in [0.15, 0.2) is 29.8 Å². The second kappa shape index (κ2) is 17.4. The predicted molar refractivity (Wildman–Crippen MR) is 125 cm³/mol. The van der Waals surface area contributed by atoms with Crippen LogP contribution in [0.3, 0.4) is 0 Å². The molecule has 174 valence electrons. The highest BCUT2D eigenvalue weighted by Gasteiger charge is 2.20. The van der Waals surface area contributed by atoms with Crippen molar-refractivity contribution in [3.8, 4) is 5.75 Å². The van der Waals surface area contributed by atoms with E-state index in [0.29, 0.717) is 12.2 Å². The fourth-order valence-electron chi connectivity index (χ4n) is 3.23. The van der Waals surface area contributed by atoms with Gasteiger partial charge in [0.1, 0.15) is 11.3 Å². The highest BCUT2D eigenvalue weighted by Crippen LogP contribution is 2.17. The summed E-state index contributed by atoms with van der Waals surface area (Å²) in [6.07, 6.45) is 14.5. The van der Waals surface area contributed by atoms with Crippen LogP contribution in [0.2, 0.25) is 0 Å². The van der Waals surface area contributed by atoms with E-state index in [9.17, 15) is 9.59 Å². The summed E-state index contributed by atoms with van der Waals surface area (Å²) in [5, 5.41) is 0. The molecule has 1 rings (SSSR count). The number of ether oxygens (including phenoxy) is 3. The third kappa shape index (κ3) is 12.2. The summed E-state index contributed by atoms with van der Waals surface area (Å²) in [5.74, 6) is -0.577. The quantitative estimate of drug-likeness (QED) is 0.0925. The Labute approximate surface area is 188 Å². The summed E-state index contributed by atoms with van der Waals surface area (Å²) in [7, 11) is 0. The number of hydrogen-bond donors (Lipinski definition) is 0. The third-order valence-electron chi connectivity index (χ3n) is 4.95. The van der Waals surface area contributed by atoms with Crippen LogP contribution < -0.4 is 4.74 Å². The first-order chi connectivity index (χ1) is 15.1. The first-order valence-electron chi connectivity index (χ1n) is 11.9. The lowest BCUT2D eigenvalue weighted by Crippen LogP contribution is -2.18. The number of unbranched alkanes of at least 4 members (excludes halogenated alkanes) is 9. The van der Waals surface area contributed by atoms with Gasteiger partial charge in [0, 0.05) is 0 Å². The van der Waals surface area contributed by atoms with E-state index in [1.807, 2.05) is 24.3 Å². The van der Waals surface area contributed by atoms with Crippen molar-refractivity contribution >= 4 is 18.0 Å². The topological polar surface area (TPSA) is 61.8 Å². The largest absolute Gasteiger partial charge is 0.494 e. The number of carbonyl (C=O) groups excluding carboxylic acids is 2. The van der Waals surface area contributed by atoms with E-state index in [4.69, 9.17) is 14.2 Å². The highest BCUT2D eigenvalue weighted by molar-refractivity contribution is 6.17. The Bertz CT molecular complexity index is 628. The van der Waals surface area contributed by atoms with Gasteiger partial charge in [-0.2, -0.15) is 0 Å². The van der Waals surface area contributed by atoms with Gasteiger partial charge in [0.05, 0.1) is 19.8 Å². The first-order valence-corrected chi connectivity index (χ1v) is 11.9. The number of carbonyl (C=O) groups is 2. The van der Waals surface area contributed by atoms with Gasteiger partial charge in [0.2, 0.25) is 0 Å². The molecule has 0 spiro atoms. The Morgan fingerprint density at radius 1 is 0.710 bits per heavy atom. The summed E-state index contributed by atoms with van der Waals surface area (Å²) >= 11 is 0. The van der Waals surface area contributed by atoms with Gasteiger partial charge in [0.25, 0.3) is 0 Å². The zero-order valence-corrected chi connectivity index (χ0v) is 19.6. The van der Waals surface area contributed by atoms with E-state index in [0.717, 1.165) is 12.2 Å². The van der Waals surface area contributed by atoms with E-state index in [1.165, 1.54) is 63.9 Å². The normalized spacial score (nSPS) is 10.4. The molecule has 0 aliphatic carbocycles. The van der Waals surface area contributed by atoms with E-state index in [2.05, 4.69) is 6.92 Å². The maximum Gasteiger partial charge on any atom is 0.345 e. The van der Waals surface area contributed by atoms with Crippen molar-refractivity contribution < 1.29 is 23.8 Å². The summed E-state index contributed by atoms with van der Waals surface area (Å²) in [6, 6.07) is 7.31. The monoisotopic (exact) mass is 432 g/mol. The SMILES string of the molecule is CCCCCCCCCCCCOc1ccc(C=C(C(=O)OCC)C(=O)OCC)cc1. The van der Waals surface area contributed by atoms with Crippen LogP contribution in [0.5, 0.6) is 5.75 Å². The maximum absolute atomic E-state index is 12.0. The number of esters is 2. The third-order valence-corrected chi connectivity index (χ3v) is 4.95. The summed E-state index contributed by atoms with van der Waals surface area (Å²) in [5.41, 5.74) is 0.602. The second-order valence-electron chi connectivity index (χ2n) is 7.60. The molecule has 0 bridgehead atoms. The van der Waals surface area contributed by atoms with Crippen LogP contribution in [0.4, 0.5) is 0 Å². The zero-order chi connectivity index (χ0) is 22.7. The molecular weight excluding hydrogens is 392 g/mol. The van der Waals surface area contributed by atoms with E-state index >= 15 is 0 Å². The smallest absolute Gasteiger partial charge is 0.345 e. The number of benzene rings is 1. The Kier molecular flexibility index (Phi) is 15.0. The van der Waals surface area contributed by atoms with Crippen LogP contribution >= 0.6 is 0 Å². The lowest BCUT2D eigenvalue weighted by molar-refractivity contribution is -0.146. The van der Waals surface area contributed by atoms with E-state index in [1.54, 1.807) is 13.8 Å². The maximum atomic E-state index is 12.0. The number of rotatable bonds is 17. The molecule has 0 aliphatic rings. The molecule has 0 fully saturated rings. The summed E-state index contributed by atoms with van der Waals surface area (Å²) in [6.45, 7) is 6.73. The van der Waals surface area contributed by atoms with Gasteiger partial charge in [-0.15, -0.1) is 0 Å². The Hall–Kier alpha value is -2.30.